The van der Waals surface area contributed by atoms with Gasteiger partial charge in [0, 0.05) is 16.1 Å². The van der Waals surface area contributed by atoms with Gasteiger partial charge in [0.05, 0.1) is 15.1 Å². The van der Waals surface area contributed by atoms with E-state index in [0.29, 0.717) is 0 Å². The van der Waals surface area contributed by atoms with Crippen molar-refractivity contribution < 1.29 is 23.2 Å². The van der Waals surface area contributed by atoms with E-state index in [2.05, 4.69) is 0 Å². The zero-order chi connectivity index (χ0) is 21.6. The summed E-state index contributed by atoms with van der Waals surface area (Å²) in [4.78, 5) is 0. The minimum absolute atomic E-state index is 0.00464. The van der Waals surface area contributed by atoms with Gasteiger partial charge in [-0.25, -0.2) is 0 Å². The van der Waals surface area contributed by atoms with Crippen LogP contribution < -0.4 is 0 Å². The number of phenols is 2. The van der Waals surface area contributed by atoms with Crippen LogP contribution in [0.5, 0.6) is 11.5 Å². The van der Waals surface area contributed by atoms with Crippen molar-refractivity contribution in [1.82, 2.24) is 0 Å². The highest BCUT2D eigenvalue weighted by Gasteiger charge is 2.53. The molecule has 29 heavy (non-hydrogen) atoms. The molecule has 3 rings (SSSR count). The summed E-state index contributed by atoms with van der Waals surface area (Å²) in [7, 11) is -5.16. The molecule has 0 spiro atoms. The van der Waals surface area contributed by atoms with Crippen LogP contribution in [0.1, 0.15) is 16.7 Å². The SMILES string of the molecule is O=S(=O)(O)C(c1cccc(Cl)c1)(c1cccc(Cl)c1Cl)c1c(O)ccc(O)c1Cl. The Bertz CT molecular complexity index is 1210. The lowest BCUT2D eigenvalue weighted by molar-refractivity contribution is 0.434. The van der Waals surface area contributed by atoms with Crippen molar-refractivity contribution in [1.29, 1.82) is 0 Å². The molecule has 0 heterocycles. The maximum absolute atomic E-state index is 13.0. The highest BCUT2D eigenvalue weighted by atomic mass is 35.5. The number of aromatic hydroxyl groups is 2. The molecule has 0 aliphatic heterocycles. The first-order valence-corrected chi connectivity index (χ1v) is 10.9. The summed E-state index contributed by atoms with van der Waals surface area (Å²) in [5, 5.41) is 20.1. The summed E-state index contributed by atoms with van der Waals surface area (Å²) < 4.78 is 34.0. The van der Waals surface area contributed by atoms with Gasteiger partial charge in [-0.3, -0.25) is 4.55 Å². The molecule has 0 aliphatic carbocycles. The number of halogens is 4. The van der Waals surface area contributed by atoms with Gasteiger partial charge in [0.15, 0.2) is 4.75 Å². The molecular formula is C19H12Cl4O5S. The highest BCUT2D eigenvalue weighted by molar-refractivity contribution is 7.87. The molecule has 3 aromatic rings. The predicted molar refractivity (Wildman–Crippen MR) is 114 cm³/mol. The van der Waals surface area contributed by atoms with Crippen molar-refractivity contribution in [3.63, 3.8) is 0 Å². The number of phenolic OH excluding ortho intramolecular Hbond substituents is 2. The van der Waals surface area contributed by atoms with E-state index in [-0.39, 0.29) is 26.2 Å². The van der Waals surface area contributed by atoms with Crippen LogP contribution >= 0.6 is 46.4 Å². The average molecular weight is 494 g/mol. The molecule has 10 heteroatoms. The van der Waals surface area contributed by atoms with Crippen LogP contribution in [-0.4, -0.2) is 23.2 Å². The van der Waals surface area contributed by atoms with E-state index >= 15 is 0 Å². The Morgan fingerprint density at radius 1 is 0.793 bits per heavy atom. The molecule has 0 saturated heterocycles. The Kier molecular flexibility index (Phi) is 5.98. The van der Waals surface area contributed by atoms with E-state index in [1.54, 1.807) is 0 Å². The van der Waals surface area contributed by atoms with Gasteiger partial charge < -0.3 is 10.2 Å². The van der Waals surface area contributed by atoms with Crippen LogP contribution in [-0.2, 0) is 14.9 Å². The zero-order valence-electron chi connectivity index (χ0n) is 14.3. The lowest BCUT2D eigenvalue weighted by Crippen LogP contribution is -2.39. The molecular weight excluding hydrogens is 482 g/mol. The van der Waals surface area contributed by atoms with Crippen LogP contribution in [0.3, 0.4) is 0 Å². The van der Waals surface area contributed by atoms with Gasteiger partial charge >= 0.3 is 0 Å². The minimum atomic E-state index is -5.16. The minimum Gasteiger partial charge on any atom is -0.508 e. The summed E-state index contributed by atoms with van der Waals surface area (Å²) in [5.74, 6) is -1.13. The van der Waals surface area contributed by atoms with Crippen molar-refractivity contribution in [2.24, 2.45) is 0 Å². The molecule has 5 nitrogen and oxygen atoms in total. The van der Waals surface area contributed by atoms with Crippen LogP contribution in [0.25, 0.3) is 0 Å². The summed E-state index contributed by atoms with van der Waals surface area (Å²) in [5.41, 5.74) is -0.785. The molecule has 1 unspecified atom stereocenters. The van der Waals surface area contributed by atoms with Gasteiger partial charge in [0.1, 0.15) is 11.5 Å². The van der Waals surface area contributed by atoms with Crippen molar-refractivity contribution in [3.8, 4) is 11.5 Å². The van der Waals surface area contributed by atoms with E-state index in [1.807, 2.05) is 0 Å². The number of benzene rings is 3. The van der Waals surface area contributed by atoms with Gasteiger partial charge in [-0.1, -0.05) is 70.7 Å². The Hall–Kier alpha value is -1.67. The molecule has 0 aromatic heterocycles. The summed E-state index contributed by atoms with van der Waals surface area (Å²) >= 11 is 24.8. The molecule has 3 N–H and O–H groups in total. The Morgan fingerprint density at radius 2 is 1.41 bits per heavy atom. The highest BCUT2D eigenvalue weighted by Crippen LogP contribution is 2.54. The molecule has 0 bridgehead atoms. The van der Waals surface area contributed by atoms with E-state index in [4.69, 9.17) is 46.4 Å². The second-order valence-electron chi connectivity index (χ2n) is 6.06. The molecule has 1 atom stereocenters. The Morgan fingerprint density at radius 3 is 2.03 bits per heavy atom. The molecule has 0 saturated carbocycles. The monoisotopic (exact) mass is 492 g/mol. The fraction of sp³-hybridized carbons (Fsp3) is 0.0526. The fourth-order valence-electron chi connectivity index (χ4n) is 3.22. The van der Waals surface area contributed by atoms with Gasteiger partial charge in [0.2, 0.25) is 0 Å². The zero-order valence-corrected chi connectivity index (χ0v) is 18.1. The fourth-order valence-corrected chi connectivity index (χ4v) is 5.61. The third-order valence-electron chi connectivity index (χ3n) is 4.40. The van der Waals surface area contributed by atoms with Crippen LogP contribution in [0.15, 0.2) is 54.6 Å². The summed E-state index contributed by atoms with van der Waals surface area (Å²) in [6, 6.07) is 11.8. The first-order valence-electron chi connectivity index (χ1n) is 7.90. The van der Waals surface area contributed by atoms with E-state index in [1.165, 1.54) is 42.5 Å². The Labute approximate surface area is 186 Å². The first-order chi connectivity index (χ1) is 13.5. The average Bonchev–Trinajstić information content (AvgIpc) is 2.64. The largest absolute Gasteiger partial charge is 0.508 e. The normalized spacial score (nSPS) is 13.8. The lowest BCUT2D eigenvalue weighted by Gasteiger charge is -2.34. The second-order valence-corrected chi connectivity index (χ2v) is 9.22. The van der Waals surface area contributed by atoms with E-state index in [0.717, 1.165) is 12.1 Å². The number of hydrogen-bond donors (Lipinski definition) is 3. The first kappa shape index (κ1) is 22.0. The lowest BCUT2D eigenvalue weighted by atomic mass is 9.83. The molecule has 0 aliphatic rings. The van der Waals surface area contributed by atoms with Gasteiger partial charge in [-0.15, -0.1) is 0 Å². The maximum atomic E-state index is 13.0. The van der Waals surface area contributed by atoms with Crippen molar-refractivity contribution >= 4 is 56.5 Å². The van der Waals surface area contributed by atoms with Crippen molar-refractivity contribution in [2.45, 2.75) is 4.75 Å². The van der Waals surface area contributed by atoms with Crippen molar-refractivity contribution in [2.75, 3.05) is 0 Å². The van der Waals surface area contributed by atoms with Crippen molar-refractivity contribution in [3.05, 3.63) is 91.4 Å². The quantitative estimate of drug-likeness (QED) is 0.239. The predicted octanol–water partition coefficient (Wildman–Crippen LogP) is 5.89. The van der Waals surface area contributed by atoms with Gasteiger partial charge in [0.25, 0.3) is 10.1 Å². The molecule has 3 aromatic carbocycles. The summed E-state index contributed by atoms with van der Waals surface area (Å²) in [6.45, 7) is 0. The van der Waals surface area contributed by atoms with Crippen LogP contribution in [0.2, 0.25) is 20.1 Å². The van der Waals surface area contributed by atoms with Gasteiger partial charge in [-0.2, -0.15) is 8.42 Å². The summed E-state index contributed by atoms with van der Waals surface area (Å²) in [6.07, 6.45) is 0. The van der Waals surface area contributed by atoms with Crippen LogP contribution in [0, 0.1) is 0 Å². The topological polar surface area (TPSA) is 94.8 Å². The number of rotatable bonds is 4. The molecule has 152 valence electrons. The second kappa shape index (κ2) is 7.87. The third kappa shape index (κ3) is 3.54. The van der Waals surface area contributed by atoms with E-state index in [9.17, 15) is 23.2 Å². The molecule has 0 fully saturated rings. The standard InChI is InChI=1S/C19H12Cl4O5S/c20-11-4-1-3-10(9-11)19(29(26,27)28,12-5-2-6-13(21)17(12)22)16-14(24)7-8-15(25)18(16)23/h1-9,24-25H,(H,26,27,28). The maximum Gasteiger partial charge on any atom is 0.283 e. The smallest absolute Gasteiger partial charge is 0.283 e. The van der Waals surface area contributed by atoms with Gasteiger partial charge in [-0.05, 0) is 35.9 Å². The molecule has 0 amide bonds. The third-order valence-corrected chi connectivity index (χ3v) is 7.27. The Balaban J connectivity index is 2.68. The van der Waals surface area contributed by atoms with E-state index < -0.39 is 37.0 Å². The number of hydrogen-bond acceptors (Lipinski definition) is 4. The van der Waals surface area contributed by atoms with Crippen LogP contribution in [0.4, 0.5) is 0 Å². The molecule has 0 radical (unpaired) electrons.